The Labute approximate surface area is 308 Å². The highest BCUT2D eigenvalue weighted by Gasteiger charge is 2.20. The number of anilines is 3. The van der Waals surface area contributed by atoms with Crippen molar-refractivity contribution in [2.24, 2.45) is 0 Å². The molecule has 250 valence electrons. The van der Waals surface area contributed by atoms with Crippen LogP contribution in [0.1, 0.15) is 0 Å². The maximum absolute atomic E-state index is 6.50. The van der Waals surface area contributed by atoms with Gasteiger partial charge in [-0.15, -0.1) is 0 Å². The molecule has 0 N–H and O–H groups in total. The maximum atomic E-state index is 6.50. The maximum Gasteiger partial charge on any atom is 0.170 e. The van der Waals surface area contributed by atoms with Crippen LogP contribution in [0.4, 0.5) is 17.1 Å². The van der Waals surface area contributed by atoms with Crippen LogP contribution in [0, 0.1) is 0 Å². The Morgan fingerprint density at radius 1 is 0.302 bits per heavy atom. The summed E-state index contributed by atoms with van der Waals surface area (Å²) in [6, 6.07) is 70.4. The van der Waals surface area contributed by atoms with Crippen molar-refractivity contribution in [1.82, 2.24) is 0 Å². The number of para-hydroxylation sites is 1. The molecule has 53 heavy (non-hydrogen) atoms. The molecule has 1 heterocycles. The molecule has 9 aromatic rings. The topological polar surface area (TPSA) is 21.7 Å². The minimum Gasteiger partial charge on any atom is -0.453 e. The molecular formula is C50H33NO2. The lowest BCUT2D eigenvalue weighted by atomic mass is 9.97. The van der Waals surface area contributed by atoms with Crippen molar-refractivity contribution in [3.8, 4) is 56.4 Å². The molecule has 0 fully saturated rings. The highest BCUT2D eigenvalue weighted by Crippen LogP contribution is 2.47. The fourth-order valence-electron chi connectivity index (χ4n) is 7.53. The minimum atomic E-state index is 0.698. The minimum absolute atomic E-state index is 0.698. The largest absolute Gasteiger partial charge is 0.453 e. The van der Waals surface area contributed by atoms with Crippen molar-refractivity contribution in [3.05, 3.63) is 200 Å². The van der Waals surface area contributed by atoms with Crippen molar-refractivity contribution in [2.45, 2.75) is 0 Å². The summed E-state index contributed by atoms with van der Waals surface area (Å²) in [4.78, 5) is 2.32. The summed E-state index contributed by atoms with van der Waals surface area (Å²) in [5.41, 5.74) is 10.1. The van der Waals surface area contributed by atoms with Crippen molar-refractivity contribution in [2.75, 3.05) is 4.90 Å². The first-order valence-corrected chi connectivity index (χ1v) is 17.9. The van der Waals surface area contributed by atoms with Crippen LogP contribution in [0.5, 0.6) is 23.0 Å². The molecule has 1 aliphatic heterocycles. The Hall–Kier alpha value is -7.10. The third-order valence-electron chi connectivity index (χ3n) is 10.1. The standard InChI is InChI=1S/C50H33NO2/c1-2-18-41(19-3-1)51(42-28-25-35(26-29-42)45-22-8-12-34-11-4-5-21-44(34)45)43-20-7-17-39(32-43)37-15-6-16-38(31-37)40-27-30-46-49(33-40)53-48-24-10-14-36-13-9-23-47(52-46)50(36)48/h1-33H. The van der Waals surface area contributed by atoms with Crippen molar-refractivity contribution in [1.29, 1.82) is 0 Å². The lowest BCUT2D eigenvalue weighted by Crippen LogP contribution is -2.09. The summed E-state index contributed by atoms with van der Waals surface area (Å²) >= 11 is 0. The first-order chi connectivity index (χ1) is 26.2. The molecule has 0 bridgehead atoms. The second-order valence-corrected chi connectivity index (χ2v) is 13.4. The Kier molecular flexibility index (Phi) is 7.47. The van der Waals surface area contributed by atoms with Gasteiger partial charge in [-0.1, -0.05) is 133 Å². The van der Waals surface area contributed by atoms with Crippen LogP contribution in [0.2, 0.25) is 0 Å². The molecule has 3 heteroatoms. The zero-order valence-electron chi connectivity index (χ0n) is 28.8. The number of nitrogens with zero attached hydrogens (tertiary/aromatic N) is 1. The van der Waals surface area contributed by atoms with Crippen molar-refractivity contribution in [3.63, 3.8) is 0 Å². The number of hydrogen-bond donors (Lipinski definition) is 0. The van der Waals surface area contributed by atoms with Crippen molar-refractivity contribution >= 4 is 38.6 Å². The van der Waals surface area contributed by atoms with Gasteiger partial charge in [-0.05, 0) is 116 Å². The summed E-state index contributed by atoms with van der Waals surface area (Å²) in [6.07, 6.45) is 0. The van der Waals surface area contributed by atoms with Gasteiger partial charge >= 0.3 is 0 Å². The quantitative estimate of drug-likeness (QED) is 0.175. The molecule has 0 spiro atoms. The fraction of sp³-hybridized carbons (Fsp3) is 0. The van der Waals surface area contributed by atoms with Gasteiger partial charge in [0.25, 0.3) is 0 Å². The van der Waals surface area contributed by atoms with Crippen LogP contribution in [0.3, 0.4) is 0 Å². The molecule has 9 aromatic carbocycles. The van der Waals surface area contributed by atoms with E-state index in [9.17, 15) is 0 Å². The number of benzene rings is 9. The summed E-state index contributed by atoms with van der Waals surface area (Å²) < 4.78 is 12.9. The van der Waals surface area contributed by atoms with Crippen LogP contribution >= 0.6 is 0 Å². The Bertz CT molecular complexity index is 2780. The first-order valence-electron chi connectivity index (χ1n) is 17.9. The molecule has 0 unspecified atom stereocenters. The van der Waals surface area contributed by atoms with Gasteiger partial charge in [0.2, 0.25) is 0 Å². The van der Waals surface area contributed by atoms with E-state index in [4.69, 9.17) is 9.47 Å². The fourth-order valence-corrected chi connectivity index (χ4v) is 7.53. The Balaban J connectivity index is 0.992. The molecule has 0 aliphatic carbocycles. The van der Waals surface area contributed by atoms with Gasteiger partial charge in [0.1, 0.15) is 11.5 Å². The highest BCUT2D eigenvalue weighted by atomic mass is 16.5. The van der Waals surface area contributed by atoms with Crippen LogP contribution in [-0.2, 0) is 0 Å². The summed E-state index contributed by atoms with van der Waals surface area (Å²) in [5.74, 6) is 3.00. The van der Waals surface area contributed by atoms with E-state index in [1.54, 1.807) is 0 Å². The Morgan fingerprint density at radius 2 is 0.849 bits per heavy atom. The average molecular weight is 680 g/mol. The molecular weight excluding hydrogens is 647 g/mol. The van der Waals surface area contributed by atoms with Gasteiger partial charge in [-0.2, -0.15) is 0 Å². The molecule has 10 rings (SSSR count). The molecule has 0 amide bonds. The second kappa shape index (κ2) is 12.9. The number of fused-ring (bicyclic) bond motifs is 2. The summed E-state index contributed by atoms with van der Waals surface area (Å²) in [5, 5.41) is 4.58. The van der Waals surface area contributed by atoms with E-state index in [-0.39, 0.29) is 0 Å². The molecule has 0 saturated heterocycles. The highest BCUT2D eigenvalue weighted by molar-refractivity contribution is 5.97. The molecule has 0 radical (unpaired) electrons. The summed E-state index contributed by atoms with van der Waals surface area (Å²) in [6.45, 7) is 0. The first kappa shape index (κ1) is 30.7. The lowest BCUT2D eigenvalue weighted by molar-refractivity contribution is 0.439. The second-order valence-electron chi connectivity index (χ2n) is 13.4. The molecule has 0 atom stereocenters. The van der Waals surface area contributed by atoms with E-state index in [2.05, 4.69) is 175 Å². The molecule has 3 nitrogen and oxygen atoms in total. The zero-order valence-corrected chi connectivity index (χ0v) is 28.8. The van der Waals surface area contributed by atoms with Gasteiger partial charge in [-0.25, -0.2) is 0 Å². The molecule has 0 saturated carbocycles. The van der Waals surface area contributed by atoms with Gasteiger partial charge in [0.05, 0.1) is 5.39 Å². The normalized spacial score (nSPS) is 11.7. The third kappa shape index (κ3) is 5.65. The monoisotopic (exact) mass is 679 g/mol. The lowest BCUT2D eigenvalue weighted by Gasteiger charge is -2.26. The molecule has 0 aromatic heterocycles. The van der Waals surface area contributed by atoms with E-state index in [1.807, 2.05) is 30.3 Å². The van der Waals surface area contributed by atoms with Crippen LogP contribution in [-0.4, -0.2) is 0 Å². The summed E-state index contributed by atoms with van der Waals surface area (Å²) in [7, 11) is 0. The number of ether oxygens (including phenoxy) is 2. The zero-order chi connectivity index (χ0) is 35.1. The third-order valence-corrected chi connectivity index (χ3v) is 10.1. The van der Waals surface area contributed by atoms with Gasteiger partial charge in [-0.3, -0.25) is 0 Å². The number of rotatable bonds is 6. The average Bonchev–Trinajstić information content (AvgIpc) is 3.39. The van der Waals surface area contributed by atoms with Gasteiger partial charge < -0.3 is 14.4 Å². The van der Waals surface area contributed by atoms with E-state index in [0.717, 1.165) is 61.6 Å². The van der Waals surface area contributed by atoms with Crippen molar-refractivity contribution < 1.29 is 9.47 Å². The Morgan fingerprint density at radius 3 is 1.64 bits per heavy atom. The van der Waals surface area contributed by atoms with E-state index < -0.39 is 0 Å². The van der Waals surface area contributed by atoms with Crippen LogP contribution in [0.15, 0.2) is 200 Å². The molecule has 1 aliphatic rings. The van der Waals surface area contributed by atoms with Crippen LogP contribution in [0.25, 0.3) is 54.9 Å². The van der Waals surface area contributed by atoms with Gasteiger partial charge in [0.15, 0.2) is 11.5 Å². The van der Waals surface area contributed by atoms with E-state index in [0.29, 0.717) is 11.5 Å². The van der Waals surface area contributed by atoms with E-state index >= 15 is 0 Å². The van der Waals surface area contributed by atoms with E-state index in [1.165, 1.54) is 21.9 Å². The SMILES string of the molecule is c1ccc(N(c2ccc(-c3cccc4ccccc34)cc2)c2cccc(-c3cccc(-c4ccc5c(c4)Oc4cccc6cccc(c46)O5)c3)c2)cc1. The smallest absolute Gasteiger partial charge is 0.170 e. The van der Waals surface area contributed by atoms with Gasteiger partial charge in [0, 0.05) is 17.1 Å². The van der Waals surface area contributed by atoms with Crippen LogP contribution < -0.4 is 14.4 Å². The predicted molar refractivity (Wildman–Crippen MR) is 219 cm³/mol. The predicted octanol–water partition coefficient (Wildman–Crippen LogP) is 14.4. The number of hydrogen-bond acceptors (Lipinski definition) is 3.